The average Bonchev–Trinajstić information content (AvgIpc) is 3.10. The summed E-state index contributed by atoms with van der Waals surface area (Å²) in [6, 6.07) is 14.7. The molecule has 146 valence electrons. The van der Waals surface area contributed by atoms with Gasteiger partial charge in [0.15, 0.2) is 5.13 Å². The third kappa shape index (κ3) is 3.74. The molecule has 2 atom stereocenters. The van der Waals surface area contributed by atoms with Crippen LogP contribution in [0.1, 0.15) is 33.1 Å². The molecule has 4 nitrogen and oxygen atoms in total. The number of benzene rings is 2. The first kappa shape index (κ1) is 18.9. The van der Waals surface area contributed by atoms with Gasteiger partial charge in [-0.2, -0.15) is 0 Å². The summed E-state index contributed by atoms with van der Waals surface area (Å²) >= 11 is 1.54. The van der Waals surface area contributed by atoms with Crippen LogP contribution in [0.25, 0.3) is 10.2 Å². The number of halogens is 1. The zero-order chi connectivity index (χ0) is 19.7. The summed E-state index contributed by atoms with van der Waals surface area (Å²) in [5, 5.41) is 0.749. The number of carbonyl (C=O) groups is 1. The number of hydrogen-bond acceptors (Lipinski definition) is 4. The van der Waals surface area contributed by atoms with Crippen molar-refractivity contribution in [2.24, 2.45) is 0 Å². The average molecular weight is 398 g/mol. The topological polar surface area (TPSA) is 36.4 Å². The van der Waals surface area contributed by atoms with Crippen molar-refractivity contribution in [3.63, 3.8) is 0 Å². The predicted octanol–water partition coefficient (Wildman–Crippen LogP) is 5.36. The molecule has 2 heterocycles. The van der Waals surface area contributed by atoms with Gasteiger partial charge in [0, 0.05) is 17.8 Å². The Morgan fingerprint density at radius 3 is 2.50 bits per heavy atom. The maximum atomic E-state index is 13.5. The van der Waals surface area contributed by atoms with Crippen LogP contribution in [-0.2, 0) is 4.79 Å². The van der Waals surface area contributed by atoms with Crippen LogP contribution in [0.5, 0.6) is 0 Å². The van der Waals surface area contributed by atoms with Gasteiger partial charge in [-0.3, -0.25) is 4.79 Å². The zero-order valence-electron chi connectivity index (χ0n) is 16.1. The minimum Gasteiger partial charge on any atom is -0.336 e. The van der Waals surface area contributed by atoms with Crippen molar-refractivity contribution < 1.29 is 9.18 Å². The molecule has 3 aromatic rings. The Labute approximate surface area is 168 Å². The van der Waals surface area contributed by atoms with E-state index in [0.717, 1.165) is 40.3 Å². The second-order valence-corrected chi connectivity index (χ2v) is 8.47. The fourth-order valence-electron chi connectivity index (χ4n) is 4.00. The summed E-state index contributed by atoms with van der Waals surface area (Å²) in [5.41, 5.74) is 1.67. The van der Waals surface area contributed by atoms with E-state index < -0.39 is 0 Å². The molecule has 1 saturated heterocycles. The molecule has 1 aliphatic rings. The molecule has 0 saturated carbocycles. The van der Waals surface area contributed by atoms with E-state index in [-0.39, 0.29) is 30.4 Å². The zero-order valence-corrected chi connectivity index (χ0v) is 17.0. The van der Waals surface area contributed by atoms with Crippen LogP contribution in [0.15, 0.2) is 48.5 Å². The highest BCUT2D eigenvalue weighted by Crippen LogP contribution is 2.34. The van der Waals surface area contributed by atoms with Gasteiger partial charge in [0.1, 0.15) is 12.4 Å². The van der Waals surface area contributed by atoms with E-state index in [1.165, 1.54) is 12.1 Å². The molecular formula is C22H24FN3OS. The fraction of sp³-hybridized carbons (Fsp3) is 0.364. The standard InChI is InChI=1S/C22H24FN3OS/c1-15-6-5-7-16(2)26(15)21(27)14-25(18-12-10-17(23)11-13-18)22-24-19-8-3-4-9-20(19)28-22/h3-4,8-13,15-16H,5-7,14H2,1-2H3/t15-,16-/m0/s1. The Balaban J connectivity index is 1.68. The van der Waals surface area contributed by atoms with Crippen molar-refractivity contribution in [1.82, 2.24) is 9.88 Å². The van der Waals surface area contributed by atoms with Crippen molar-refractivity contribution in [2.45, 2.75) is 45.2 Å². The van der Waals surface area contributed by atoms with Gasteiger partial charge in [0.05, 0.1) is 10.2 Å². The molecule has 0 N–H and O–H groups in total. The summed E-state index contributed by atoms with van der Waals surface area (Å²) in [6.07, 6.45) is 3.23. The number of thiazole rings is 1. The SMILES string of the molecule is C[C@H]1CCC[C@H](C)N1C(=O)CN(c1ccc(F)cc1)c1nc2ccccc2s1. The molecule has 0 unspecified atom stereocenters. The highest BCUT2D eigenvalue weighted by atomic mass is 32.1. The first-order chi connectivity index (χ1) is 13.5. The number of nitrogens with zero attached hydrogens (tertiary/aromatic N) is 3. The lowest BCUT2D eigenvalue weighted by atomic mass is 9.97. The van der Waals surface area contributed by atoms with Crippen molar-refractivity contribution in [1.29, 1.82) is 0 Å². The molecule has 1 aliphatic heterocycles. The summed E-state index contributed by atoms with van der Waals surface area (Å²) in [6.45, 7) is 4.43. The third-order valence-corrected chi connectivity index (χ3v) is 6.49. The van der Waals surface area contributed by atoms with E-state index in [2.05, 4.69) is 13.8 Å². The first-order valence-electron chi connectivity index (χ1n) is 9.73. The van der Waals surface area contributed by atoms with E-state index in [4.69, 9.17) is 4.98 Å². The monoisotopic (exact) mass is 397 g/mol. The number of para-hydroxylation sites is 1. The first-order valence-corrected chi connectivity index (χ1v) is 10.5. The molecule has 0 spiro atoms. The van der Waals surface area contributed by atoms with Crippen LogP contribution in [-0.4, -0.2) is 34.4 Å². The third-order valence-electron chi connectivity index (χ3n) is 5.43. The molecule has 1 aromatic heterocycles. The number of carbonyl (C=O) groups excluding carboxylic acids is 1. The van der Waals surface area contributed by atoms with E-state index in [1.54, 1.807) is 23.5 Å². The molecule has 6 heteroatoms. The second kappa shape index (κ2) is 7.87. The number of aromatic nitrogens is 1. The number of anilines is 2. The van der Waals surface area contributed by atoms with Gasteiger partial charge in [-0.15, -0.1) is 0 Å². The normalized spacial score (nSPS) is 19.8. The van der Waals surface area contributed by atoms with Crippen LogP contribution in [0.2, 0.25) is 0 Å². The van der Waals surface area contributed by atoms with Crippen molar-refractivity contribution >= 4 is 38.3 Å². The number of fused-ring (bicyclic) bond motifs is 1. The lowest BCUT2D eigenvalue weighted by Crippen LogP contribution is -2.50. The molecular weight excluding hydrogens is 373 g/mol. The smallest absolute Gasteiger partial charge is 0.243 e. The lowest BCUT2D eigenvalue weighted by molar-refractivity contribution is -0.135. The van der Waals surface area contributed by atoms with Gasteiger partial charge in [-0.05, 0) is 69.5 Å². The minimum atomic E-state index is -0.294. The second-order valence-electron chi connectivity index (χ2n) is 7.46. The minimum absolute atomic E-state index is 0.0864. The molecule has 0 bridgehead atoms. The van der Waals surface area contributed by atoms with Crippen molar-refractivity contribution in [3.05, 3.63) is 54.3 Å². The van der Waals surface area contributed by atoms with E-state index in [1.807, 2.05) is 34.1 Å². The van der Waals surface area contributed by atoms with Crippen LogP contribution < -0.4 is 4.90 Å². The quantitative estimate of drug-likeness (QED) is 0.594. The highest BCUT2D eigenvalue weighted by molar-refractivity contribution is 7.22. The number of likely N-dealkylation sites (tertiary alicyclic amines) is 1. The lowest BCUT2D eigenvalue weighted by Gasteiger charge is -2.40. The summed E-state index contributed by atoms with van der Waals surface area (Å²) < 4.78 is 14.5. The predicted molar refractivity (Wildman–Crippen MR) is 113 cm³/mol. The van der Waals surface area contributed by atoms with E-state index in [9.17, 15) is 9.18 Å². The number of rotatable bonds is 4. The van der Waals surface area contributed by atoms with Gasteiger partial charge < -0.3 is 9.80 Å². The van der Waals surface area contributed by atoms with Gasteiger partial charge in [-0.25, -0.2) is 9.37 Å². The summed E-state index contributed by atoms with van der Waals surface area (Å²) in [5.74, 6) is -0.208. The number of hydrogen-bond donors (Lipinski definition) is 0. The number of piperidine rings is 1. The molecule has 1 fully saturated rings. The number of amides is 1. The van der Waals surface area contributed by atoms with Gasteiger partial charge in [-0.1, -0.05) is 23.5 Å². The molecule has 2 aromatic carbocycles. The van der Waals surface area contributed by atoms with E-state index in [0.29, 0.717) is 0 Å². The van der Waals surface area contributed by atoms with E-state index >= 15 is 0 Å². The Bertz CT molecular complexity index is 928. The van der Waals surface area contributed by atoms with Crippen LogP contribution in [0.3, 0.4) is 0 Å². The maximum absolute atomic E-state index is 13.5. The summed E-state index contributed by atoms with van der Waals surface area (Å²) in [7, 11) is 0. The fourth-order valence-corrected chi connectivity index (χ4v) is 4.98. The van der Waals surface area contributed by atoms with Crippen molar-refractivity contribution in [2.75, 3.05) is 11.4 Å². The maximum Gasteiger partial charge on any atom is 0.243 e. The van der Waals surface area contributed by atoms with Crippen LogP contribution >= 0.6 is 11.3 Å². The Morgan fingerprint density at radius 2 is 1.82 bits per heavy atom. The Morgan fingerprint density at radius 1 is 1.14 bits per heavy atom. The molecule has 0 aliphatic carbocycles. The molecule has 4 rings (SSSR count). The van der Waals surface area contributed by atoms with Crippen LogP contribution in [0, 0.1) is 5.82 Å². The van der Waals surface area contributed by atoms with Gasteiger partial charge in [0.2, 0.25) is 5.91 Å². The largest absolute Gasteiger partial charge is 0.336 e. The van der Waals surface area contributed by atoms with Gasteiger partial charge in [0.25, 0.3) is 0 Å². The van der Waals surface area contributed by atoms with Crippen LogP contribution in [0.4, 0.5) is 15.2 Å². The molecule has 1 amide bonds. The van der Waals surface area contributed by atoms with Gasteiger partial charge >= 0.3 is 0 Å². The Kier molecular flexibility index (Phi) is 5.31. The highest BCUT2D eigenvalue weighted by Gasteiger charge is 2.30. The Hall–Kier alpha value is -2.47. The molecule has 0 radical (unpaired) electrons. The summed E-state index contributed by atoms with van der Waals surface area (Å²) in [4.78, 5) is 21.9. The molecule has 28 heavy (non-hydrogen) atoms. The van der Waals surface area contributed by atoms with Crippen molar-refractivity contribution in [3.8, 4) is 0 Å².